The number of hydrogen-bond acceptors (Lipinski definition) is 6. The number of carbonyl (C=O) groups is 1. The summed E-state index contributed by atoms with van der Waals surface area (Å²) in [4.78, 5) is 36.8. The Morgan fingerprint density at radius 3 is 2.04 bits per heavy atom. The van der Waals surface area contributed by atoms with Crippen molar-refractivity contribution in [1.82, 2.24) is 4.90 Å². The summed E-state index contributed by atoms with van der Waals surface area (Å²) in [5.74, 6) is -0.239. The lowest BCUT2D eigenvalue weighted by molar-refractivity contribution is -0.385. The van der Waals surface area contributed by atoms with Gasteiger partial charge in [0, 0.05) is 61.7 Å². The van der Waals surface area contributed by atoms with E-state index >= 15 is 0 Å². The molecule has 0 unspecified atom stereocenters. The molecule has 0 radical (unpaired) electrons. The van der Waals surface area contributed by atoms with E-state index in [0.29, 0.717) is 31.7 Å². The number of nitro groups is 2. The van der Waals surface area contributed by atoms with Gasteiger partial charge in [-0.2, -0.15) is 0 Å². The predicted molar refractivity (Wildman–Crippen MR) is 94.3 cm³/mol. The van der Waals surface area contributed by atoms with Crippen LogP contribution in [-0.2, 0) is 0 Å². The SMILES string of the molecule is O=C(c1cccc([N+](=O)[O-])c1)N1CCN(c2ccc([N+](=O)[O-])cc2)CC1. The molecular weight excluding hydrogens is 340 g/mol. The molecule has 0 spiro atoms. The van der Waals surface area contributed by atoms with E-state index in [1.807, 2.05) is 4.90 Å². The van der Waals surface area contributed by atoms with Gasteiger partial charge in [-0.05, 0) is 18.2 Å². The van der Waals surface area contributed by atoms with Gasteiger partial charge < -0.3 is 9.80 Å². The normalized spacial score (nSPS) is 14.2. The Morgan fingerprint density at radius 2 is 1.46 bits per heavy atom. The molecule has 3 rings (SSSR count). The van der Waals surface area contributed by atoms with Crippen molar-refractivity contribution in [2.24, 2.45) is 0 Å². The molecule has 134 valence electrons. The molecule has 1 aliphatic rings. The summed E-state index contributed by atoms with van der Waals surface area (Å²) in [5, 5.41) is 21.6. The second kappa shape index (κ2) is 7.18. The Labute approximate surface area is 148 Å². The quantitative estimate of drug-likeness (QED) is 0.615. The monoisotopic (exact) mass is 356 g/mol. The third-order valence-electron chi connectivity index (χ3n) is 4.30. The van der Waals surface area contributed by atoms with Gasteiger partial charge in [0.2, 0.25) is 0 Å². The van der Waals surface area contributed by atoms with E-state index in [4.69, 9.17) is 0 Å². The van der Waals surface area contributed by atoms with Crippen molar-refractivity contribution >= 4 is 23.0 Å². The average Bonchev–Trinajstić information content (AvgIpc) is 2.67. The molecule has 1 amide bonds. The van der Waals surface area contributed by atoms with E-state index in [0.717, 1.165) is 5.69 Å². The number of nitro benzene ring substituents is 2. The molecule has 0 bridgehead atoms. The van der Waals surface area contributed by atoms with E-state index in [1.54, 1.807) is 23.1 Å². The van der Waals surface area contributed by atoms with Crippen LogP contribution in [0.25, 0.3) is 0 Å². The van der Waals surface area contributed by atoms with Crippen molar-refractivity contribution in [3.63, 3.8) is 0 Å². The minimum atomic E-state index is -0.524. The van der Waals surface area contributed by atoms with E-state index < -0.39 is 9.85 Å². The van der Waals surface area contributed by atoms with Crippen LogP contribution < -0.4 is 4.90 Å². The number of rotatable bonds is 4. The number of nitrogens with zero attached hydrogens (tertiary/aromatic N) is 4. The Bertz CT molecular complexity index is 844. The first-order valence-electron chi connectivity index (χ1n) is 7.99. The first-order valence-corrected chi connectivity index (χ1v) is 7.99. The maximum absolute atomic E-state index is 12.5. The molecule has 2 aromatic carbocycles. The smallest absolute Gasteiger partial charge is 0.270 e. The van der Waals surface area contributed by atoms with Crippen LogP contribution in [0.4, 0.5) is 17.1 Å². The fourth-order valence-electron chi connectivity index (χ4n) is 2.89. The van der Waals surface area contributed by atoms with E-state index in [1.165, 1.54) is 30.3 Å². The van der Waals surface area contributed by atoms with Crippen molar-refractivity contribution in [2.75, 3.05) is 31.1 Å². The van der Waals surface area contributed by atoms with Gasteiger partial charge in [-0.15, -0.1) is 0 Å². The molecular formula is C17H16N4O5. The minimum Gasteiger partial charge on any atom is -0.368 e. The maximum Gasteiger partial charge on any atom is 0.270 e. The van der Waals surface area contributed by atoms with Crippen LogP contribution in [0.2, 0.25) is 0 Å². The molecule has 1 fully saturated rings. The van der Waals surface area contributed by atoms with Crippen LogP contribution in [0.1, 0.15) is 10.4 Å². The van der Waals surface area contributed by atoms with Gasteiger partial charge in [-0.3, -0.25) is 25.0 Å². The number of amides is 1. The molecule has 0 N–H and O–H groups in total. The van der Waals surface area contributed by atoms with Crippen LogP contribution >= 0.6 is 0 Å². The summed E-state index contributed by atoms with van der Waals surface area (Å²) in [7, 11) is 0. The summed E-state index contributed by atoms with van der Waals surface area (Å²) < 4.78 is 0. The zero-order valence-electron chi connectivity index (χ0n) is 13.8. The lowest BCUT2D eigenvalue weighted by atomic mass is 10.1. The highest BCUT2D eigenvalue weighted by Gasteiger charge is 2.23. The van der Waals surface area contributed by atoms with Crippen molar-refractivity contribution in [3.8, 4) is 0 Å². The number of hydrogen-bond donors (Lipinski definition) is 0. The highest BCUT2D eigenvalue weighted by atomic mass is 16.6. The molecule has 0 atom stereocenters. The van der Waals surface area contributed by atoms with Crippen LogP contribution in [0.3, 0.4) is 0 Å². The van der Waals surface area contributed by atoms with Gasteiger partial charge in [-0.25, -0.2) is 0 Å². The molecule has 26 heavy (non-hydrogen) atoms. The maximum atomic E-state index is 12.5. The fraction of sp³-hybridized carbons (Fsp3) is 0.235. The average molecular weight is 356 g/mol. The summed E-state index contributed by atoms with van der Waals surface area (Å²) in [6, 6.07) is 12.0. The lowest BCUT2D eigenvalue weighted by Gasteiger charge is -2.36. The molecule has 9 nitrogen and oxygen atoms in total. The Kier molecular flexibility index (Phi) is 4.78. The number of anilines is 1. The highest BCUT2D eigenvalue weighted by molar-refractivity contribution is 5.95. The molecule has 0 aliphatic carbocycles. The number of carbonyl (C=O) groups excluding carboxylic acids is 1. The van der Waals surface area contributed by atoms with Crippen LogP contribution in [0.5, 0.6) is 0 Å². The highest BCUT2D eigenvalue weighted by Crippen LogP contribution is 2.21. The van der Waals surface area contributed by atoms with Gasteiger partial charge in [0.05, 0.1) is 9.85 Å². The first-order chi connectivity index (χ1) is 12.5. The summed E-state index contributed by atoms with van der Waals surface area (Å²) in [6.45, 7) is 2.11. The molecule has 0 aromatic heterocycles. The van der Waals surface area contributed by atoms with Crippen molar-refractivity contribution in [1.29, 1.82) is 0 Å². The number of piperazine rings is 1. The Morgan fingerprint density at radius 1 is 0.846 bits per heavy atom. The Hall–Kier alpha value is -3.49. The second-order valence-corrected chi connectivity index (χ2v) is 5.86. The summed E-state index contributed by atoms with van der Waals surface area (Å²) in [5.41, 5.74) is 1.08. The van der Waals surface area contributed by atoms with Gasteiger partial charge in [-0.1, -0.05) is 6.07 Å². The predicted octanol–water partition coefficient (Wildman–Crippen LogP) is 2.47. The molecule has 0 saturated carbocycles. The van der Waals surface area contributed by atoms with Crippen LogP contribution in [0, 0.1) is 20.2 Å². The van der Waals surface area contributed by atoms with Gasteiger partial charge in [0.25, 0.3) is 17.3 Å². The minimum absolute atomic E-state index is 0.0354. The molecule has 1 heterocycles. The third-order valence-corrected chi connectivity index (χ3v) is 4.30. The van der Waals surface area contributed by atoms with Crippen LogP contribution in [-0.4, -0.2) is 46.8 Å². The van der Waals surface area contributed by atoms with E-state index in [2.05, 4.69) is 0 Å². The van der Waals surface area contributed by atoms with Crippen molar-refractivity contribution < 1.29 is 14.6 Å². The lowest BCUT2D eigenvalue weighted by Crippen LogP contribution is -2.48. The van der Waals surface area contributed by atoms with E-state index in [-0.39, 0.29) is 17.3 Å². The fourth-order valence-corrected chi connectivity index (χ4v) is 2.89. The van der Waals surface area contributed by atoms with Gasteiger partial charge in [0.15, 0.2) is 0 Å². The van der Waals surface area contributed by atoms with E-state index in [9.17, 15) is 25.0 Å². The third kappa shape index (κ3) is 3.61. The second-order valence-electron chi connectivity index (χ2n) is 5.86. The standard InChI is InChI=1S/C17H16N4O5/c22-17(13-2-1-3-16(12-13)21(25)26)19-10-8-18(9-11-19)14-4-6-15(7-5-14)20(23)24/h1-7,12H,8-11H2. The summed E-state index contributed by atoms with van der Waals surface area (Å²) >= 11 is 0. The Balaban J connectivity index is 1.64. The molecule has 1 aliphatic heterocycles. The zero-order valence-corrected chi connectivity index (χ0v) is 13.8. The van der Waals surface area contributed by atoms with Gasteiger partial charge in [0.1, 0.15) is 0 Å². The van der Waals surface area contributed by atoms with Crippen LogP contribution in [0.15, 0.2) is 48.5 Å². The zero-order chi connectivity index (χ0) is 18.7. The summed E-state index contributed by atoms with van der Waals surface area (Å²) in [6.07, 6.45) is 0. The molecule has 2 aromatic rings. The number of benzene rings is 2. The molecule has 9 heteroatoms. The van der Waals surface area contributed by atoms with Crippen molar-refractivity contribution in [2.45, 2.75) is 0 Å². The van der Waals surface area contributed by atoms with Crippen molar-refractivity contribution in [3.05, 3.63) is 74.3 Å². The topological polar surface area (TPSA) is 110 Å². The largest absolute Gasteiger partial charge is 0.368 e. The molecule has 1 saturated heterocycles. The number of non-ortho nitro benzene ring substituents is 2. The first kappa shape index (κ1) is 17.3. The van der Waals surface area contributed by atoms with Gasteiger partial charge >= 0.3 is 0 Å².